The Morgan fingerprint density at radius 3 is 2.20 bits per heavy atom. The van der Waals surface area contributed by atoms with Gasteiger partial charge in [-0.05, 0) is 36.0 Å². The fourth-order valence-corrected chi connectivity index (χ4v) is 4.01. The van der Waals surface area contributed by atoms with Gasteiger partial charge in [0.05, 0.1) is 4.90 Å². The average molecular weight is 296 g/mol. The van der Waals surface area contributed by atoms with Crippen LogP contribution in [0.25, 0.3) is 0 Å². The smallest absolute Gasteiger partial charge is 0.243 e. The quantitative estimate of drug-likeness (QED) is 0.927. The topological polar surface area (TPSA) is 63.4 Å². The maximum Gasteiger partial charge on any atom is 0.243 e. The van der Waals surface area contributed by atoms with E-state index in [-0.39, 0.29) is 5.41 Å². The summed E-state index contributed by atoms with van der Waals surface area (Å²) in [5, 5.41) is 0. The Bertz CT molecular complexity index is 544. The first kappa shape index (κ1) is 15.5. The lowest BCUT2D eigenvalue weighted by Crippen LogP contribution is -2.41. The number of hydrogen-bond donors (Lipinski definition) is 1. The Labute approximate surface area is 122 Å². The summed E-state index contributed by atoms with van der Waals surface area (Å²) in [6, 6.07) is 6.89. The number of sulfonamides is 1. The molecule has 0 bridgehead atoms. The van der Waals surface area contributed by atoms with E-state index in [2.05, 4.69) is 13.8 Å². The van der Waals surface area contributed by atoms with Crippen molar-refractivity contribution in [3.05, 3.63) is 29.8 Å². The molecule has 0 radical (unpaired) electrons. The van der Waals surface area contributed by atoms with Crippen molar-refractivity contribution >= 4 is 10.0 Å². The Morgan fingerprint density at radius 2 is 1.75 bits per heavy atom. The van der Waals surface area contributed by atoms with Crippen LogP contribution in [0.1, 0.15) is 38.7 Å². The van der Waals surface area contributed by atoms with Crippen molar-refractivity contribution in [2.24, 2.45) is 11.1 Å². The maximum atomic E-state index is 12.6. The van der Waals surface area contributed by atoms with Crippen molar-refractivity contribution in [2.75, 3.05) is 13.1 Å². The van der Waals surface area contributed by atoms with Gasteiger partial charge in [0, 0.05) is 19.6 Å². The summed E-state index contributed by atoms with van der Waals surface area (Å²) in [5.74, 6) is 0. The van der Waals surface area contributed by atoms with Gasteiger partial charge in [0.25, 0.3) is 0 Å². The largest absolute Gasteiger partial charge is 0.326 e. The Kier molecular flexibility index (Phi) is 4.52. The third kappa shape index (κ3) is 3.05. The lowest BCUT2D eigenvalue weighted by molar-refractivity contribution is 0.169. The third-order valence-corrected chi connectivity index (χ3v) is 6.49. The van der Waals surface area contributed by atoms with Gasteiger partial charge in [-0.3, -0.25) is 0 Å². The van der Waals surface area contributed by atoms with Crippen LogP contribution >= 0.6 is 0 Å². The van der Waals surface area contributed by atoms with Crippen LogP contribution in [-0.4, -0.2) is 25.8 Å². The van der Waals surface area contributed by atoms with Gasteiger partial charge in [-0.2, -0.15) is 4.31 Å². The molecule has 0 spiro atoms. The molecule has 1 aromatic carbocycles. The lowest BCUT2D eigenvalue weighted by atomic mass is 9.79. The molecule has 1 heterocycles. The highest BCUT2D eigenvalue weighted by molar-refractivity contribution is 7.89. The van der Waals surface area contributed by atoms with Crippen molar-refractivity contribution in [3.63, 3.8) is 0 Å². The van der Waals surface area contributed by atoms with E-state index in [1.165, 1.54) is 0 Å². The minimum absolute atomic E-state index is 0.287. The first-order valence-corrected chi connectivity index (χ1v) is 8.64. The molecule has 2 N–H and O–H groups in total. The van der Waals surface area contributed by atoms with Gasteiger partial charge in [-0.1, -0.05) is 32.4 Å². The van der Waals surface area contributed by atoms with Crippen molar-refractivity contribution in [2.45, 2.75) is 44.6 Å². The predicted octanol–water partition coefficient (Wildman–Crippen LogP) is 2.35. The molecule has 0 saturated carbocycles. The average Bonchev–Trinajstić information content (AvgIpc) is 2.48. The summed E-state index contributed by atoms with van der Waals surface area (Å²) >= 11 is 0. The van der Waals surface area contributed by atoms with Gasteiger partial charge in [-0.25, -0.2) is 8.42 Å². The molecule has 5 heteroatoms. The first-order valence-electron chi connectivity index (χ1n) is 7.20. The van der Waals surface area contributed by atoms with Crippen LogP contribution in [0.15, 0.2) is 29.2 Å². The number of rotatable bonds is 4. The molecule has 1 aliphatic rings. The predicted molar refractivity (Wildman–Crippen MR) is 80.7 cm³/mol. The summed E-state index contributed by atoms with van der Waals surface area (Å²) in [6.07, 6.45) is 2.97. The van der Waals surface area contributed by atoms with Crippen LogP contribution in [0, 0.1) is 5.41 Å². The second-order valence-corrected chi connectivity index (χ2v) is 7.85. The molecule has 0 atom stereocenters. The Balaban J connectivity index is 2.15. The van der Waals surface area contributed by atoms with Gasteiger partial charge >= 0.3 is 0 Å². The zero-order valence-electron chi connectivity index (χ0n) is 12.3. The van der Waals surface area contributed by atoms with Crippen LogP contribution in [0.4, 0.5) is 0 Å². The molecule has 1 fully saturated rings. The van der Waals surface area contributed by atoms with E-state index < -0.39 is 10.0 Å². The van der Waals surface area contributed by atoms with E-state index in [1.807, 2.05) is 0 Å². The van der Waals surface area contributed by atoms with E-state index >= 15 is 0 Å². The Hall–Kier alpha value is -0.910. The minimum atomic E-state index is -3.35. The highest BCUT2D eigenvalue weighted by Crippen LogP contribution is 2.35. The number of nitrogens with zero attached hydrogens (tertiary/aromatic N) is 1. The molecule has 2 rings (SSSR count). The van der Waals surface area contributed by atoms with Crippen LogP contribution in [0.5, 0.6) is 0 Å². The van der Waals surface area contributed by atoms with Crippen LogP contribution in [0.2, 0.25) is 0 Å². The number of nitrogens with two attached hydrogens (primary N) is 1. The summed E-state index contributed by atoms with van der Waals surface area (Å²) in [5.41, 5.74) is 6.77. The molecule has 0 aliphatic carbocycles. The summed E-state index contributed by atoms with van der Waals surface area (Å²) in [4.78, 5) is 0.370. The van der Waals surface area contributed by atoms with Gasteiger partial charge < -0.3 is 5.73 Å². The van der Waals surface area contributed by atoms with Crippen LogP contribution < -0.4 is 5.73 Å². The zero-order chi connectivity index (χ0) is 14.8. The van der Waals surface area contributed by atoms with Crippen molar-refractivity contribution < 1.29 is 8.42 Å². The van der Waals surface area contributed by atoms with Gasteiger partial charge in [-0.15, -0.1) is 0 Å². The van der Waals surface area contributed by atoms with Gasteiger partial charge in [0.2, 0.25) is 10.0 Å². The molecule has 4 nitrogen and oxygen atoms in total. The van der Waals surface area contributed by atoms with Gasteiger partial charge in [0.15, 0.2) is 0 Å². The molecule has 1 aliphatic heterocycles. The number of benzene rings is 1. The normalized spacial score (nSPS) is 19.9. The molecule has 0 unspecified atom stereocenters. The van der Waals surface area contributed by atoms with E-state index in [0.29, 0.717) is 24.5 Å². The number of hydrogen-bond acceptors (Lipinski definition) is 3. The molecule has 20 heavy (non-hydrogen) atoms. The molecule has 0 amide bonds. The monoisotopic (exact) mass is 296 g/mol. The van der Waals surface area contributed by atoms with E-state index in [4.69, 9.17) is 5.73 Å². The Morgan fingerprint density at radius 1 is 1.20 bits per heavy atom. The molecular weight excluding hydrogens is 272 g/mol. The number of piperidine rings is 1. The second kappa shape index (κ2) is 5.84. The summed E-state index contributed by atoms with van der Waals surface area (Å²) in [6.45, 7) is 6.08. The van der Waals surface area contributed by atoms with Crippen LogP contribution in [0.3, 0.4) is 0 Å². The molecular formula is C15H24N2O2S. The van der Waals surface area contributed by atoms with E-state index in [1.54, 1.807) is 28.6 Å². The summed E-state index contributed by atoms with van der Waals surface area (Å²) in [7, 11) is -3.35. The molecule has 1 aromatic rings. The fourth-order valence-electron chi connectivity index (χ4n) is 2.57. The second-order valence-electron chi connectivity index (χ2n) is 5.92. The zero-order valence-corrected chi connectivity index (χ0v) is 13.1. The van der Waals surface area contributed by atoms with Crippen LogP contribution in [-0.2, 0) is 16.6 Å². The standard InChI is InChI=1S/C15H24N2O2S/c1-3-15(2)8-10-17(11-9-15)20(18,19)14-6-4-13(12-16)5-7-14/h4-7H,3,8-12,16H2,1-2H3. The lowest BCUT2D eigenvalue weighted by Gasteiger charge is -2.38. The third-order valence-electron chi connectivity index (χ3n) is 4.58. The maximum absolute atomic E-state index is 12.6. The summed E-state index contributed by atoms with van der Waals surface area (Å²) < 4.78 is 26.8. The van der Waals surface area contributed by atoms with E-state index in [9.17, 15) is 8.42 Å². The molecule has 112 valence electrons. The van der Waals surface area contributed by atoms with Crippen molar-refractivity contribution in [1.29, 1.82) is 0 Å². The molecule has 1 saturated heterocycles. The highest BCUT2D eigenvalue weighted by Gasteiger charge is 2.34. The van der Waals surface area contributed by atoms with E-state index in [0.717, 1.165) is 24.8 Å². The van der Waals surface area contributed by atoms with Gasteiger partial charge in [0.1, 0.15) is 0 Å². The molecule has 0 aromatic heterocycles. The van der Waals surface area contributed by atoms with Crippen molar-refractivity contribution in [3.8, 4) is 0 Å². The fraction of sp³-hybridized carbons (Fsp3) is 0.600. The first-order chi connectivity index (χ1) is 9.41. The highest BCUT2D eigenvalue weighted by atomic mass is 32.2. The van der Waals surface area contributed by atoms with Crippen molar-refractivity contribution in [1.82, 2.24) is 4.31 Å². The SMILES string of the molecule is CCC1(C)CCN(S(=O)(=O)c2ccc(CN)cc2)CC1. The minimum Gasteiger partial charge on any atom is -0.326 e.